The highest BCUT2D eigenvalue weighted by molar-refractivity contribution is 5.72. The van der Waals surface area contributed by atoms with Crippen molar-refractivity contribution in [1.82, 2.24) is 10.2 Å². The van der Waals surface area contributed by atoms with Crippen molar-refractivity contribution in [3.63, 3.8) is 0 Å². The highest BCUT2D eigenvalue weighted by Crippen LogP contribution is 2.35. The second kappa shape index (κ2) is 5.56. The van der Waals surface area contributed by atoms with E-state index in [2.05, 4.69) is 15.5 Å². The summed E-state index contributed by atoms with van der Waals surface area (Å²) in [5, 5.41) is 11.2. The Morgan fingerprint density at radius 2 is 1.84 bits per heavy atom. The second-order valence-corrected chi connectivity index (χ2v) is 4.08. The first kappa shape index (κ1) is 13.1. The minimum atomic E-state index is 0.725. The van der Waals surface area contributed by atoms with E-state index in [1.165, 1.54) is 0 Å². The van der Waals surface area contributed by atoms with Crippen molar-refractivity contribution < 1.29 is 9.47 Å². The van der Waals surface area contributed by atoms with Gasteiger partial charge in [0, 0.05) is 18.7 Å². The summed E-state index contributed by atoms with van der Waals surface area (Å²) >= 11 is 0. The molecule has 0 aliphatic heterocycles. The van der Waals surface area contributed by atoms with Crippen LogP contribution in [0.2, 0.25) is 0 Å². The first-order valence-corrected chi connectivity index (χ1v) is 5.94. The Morgan fingerprint density at radius 1 is 1.05 bits per heavy atom. The molecule has 0 amide bonds. The summed E-state index contributed by atoms with van der Waals surface area (Å²) in [7, 11) is 5.07. The van der Waals surface area contributed by atoms with Crippen molar-refractivity contribution >= 4 is 5.82 Å². The molecule has 5 nitrogen and oxygen atoms in total. The molecule has 5 heteroatoms. The molecule has 0 aliphatic carbocycles. The van der Waals surface area contributed by atoms with Gasteiger partial charge in [-0.3, -0.25) is 0 Å². The van der Waals surface area contributed by atoms with E-state index in [0.29, 0.717) is 0 Å². The van der Waals surface area contributed by atoms with E-state index in [1.54, 1.807) is 14.2 Å². The number of aromatic nitrogens is 2. The Labute approximate surface area is 112 Å². The van der Waals surface area contributed by atoms with Crippen molar-refractivity contribution in [2.75, 3.05) is 26.6 Å². The molecule has 0 radical (unpaired) electrons. The molecule has 0 fully saturated rings. The van der Waals surface area contributed by atoms with Gasteiger partial charge in [-0.25, -0.2) is 0 Å². The van der Waals surface area contributed by atoms with Crippen LogP contribution in [0.25, 0.3) is 11.3 Å². The third kappa shape index (κ3) is 2.59. The van der Waals surface area contributed by atoms with Crippen LogP contribution in [0.5, 0.6) is 11.5 Å². The summed E-state index contributed by atoms with van der Waals surface area (Å²) < 4.78 is 10.7. The fourth-order valence-corrected chi connectivity index (χ4v) is 1.93. The van der Waals surface area contributed by atoms with Gasteiger partial charge in [0.25, 0.3) is 0 Å². The first-order valence-electron chi connectivity index (χ1n) is 5.94. The van der Waals surface area contributed by atoms with Gasteiger partial charge < -0.3 is 14.8 Å². The molecule has 1 aromatic carbocycles. The quantitative estimate of drug-likeness (QED) is 0.914. The molecule has 2 aromatic rings. The van der Waals surface area contributed by atoms with Gasteiger partial charge in [-0.05, 0) is 30.7 Å². The molecule has 100 valence electrons. The summed E-state index contributed by atoms with van der Waals surface area (Å²) in [5.41, 5.74) is 2.73. The van der Waals surface area contributed by atoms with Gasteiger partial charge in [-0.15, -0.1) is 10.2 Å². The number of aryl methyl sites for hydroxylation is 1. The van der Waals surface area contributed by atoms with Gasteiger partial charge in [0.2, 0.25) is 0 Å². The van der Waals surface area contributed by atoms with E-state index in [4.69, 9.17) is 9.47 Å². The Balaban J connectivity index is 2.53. The molecule has 0 saturated carbocycles. The fourth-order valence-electron chi connectivity index (χ4n) is 1.93. The maximum atomic E-state index is 5.42. The molecule has 1 aromatic heterocycles. The van der Waals surface area contributed by atoms with Crippen LogP contribution < -0.4 is 14.8 Å². The predicted octanol–water partition coefficient (Wildman–Crippen LogP) is 2.51. The normalized spacial score (nSPS) is 10.1. The highest BCUT2D eigenvalue weighted by atomic mass is 16.5. The smallest absolute Gasteiger partial charge is 0.148 e. The molecule has 0 saturated heterocycles. The summed E-state index contributed by atoms with van der Waals surface area (Å²) in [6.45, 7) is 1.99. The number of nitrogens with zero attached hydrogens (tertiary/aromatic N) is 2. The Kier molecular flexibility index (Phi) is 3.85. The lowest BCUT2D eigenvalue weighted by atomic mass is 10.0. The van der Waals surface area contributed by atoms with Gasteiger partial charge in [-0.1, -0.05) is 0 Å². The first-order chi connectivity index (χ1) is 9.19. The van der Waals surface area contributed by atoms with Crippen LogP contribution in [0.1, 0.15) is 5.56 Å². The number of anilines is 1. The molecule has 2 rings (SSSR count). The van der Waals surface area contributed by atoms with Crippen LogP contribution in [-0.2, 0) is 0 Å². The van der Waals surface area contributed by atoms with Gasteiger partial charge in [0.15, 0.2) is 0 Å². The topological polar surface area (TPSA) is 56.3 Å². The lowest BCUT2D eigenvalue weighted by molar-refractivity contribution is 0.395. The zero-order chi connectivity index (χ0) is 13.8. The molecule has 19 heavy (non-hydrogen) atoms. The number of nitrogens with one attached hydrogen (secondary N) is 1. The molecular formula is C14H17N3O2. The molecule has 0 atom stereocenters. The van der Waals surface area contributed by atoms with Crippen LogP contribution in [0.15, 0.2) is 24.3 Å². The van der Waals surface area contributed by atoms with Gasteiger partial charge >= 0.3 is 0 Å². The van der Waals surface area contributed by atoms with Crippen molar-refractivity contribution in [2.45, 2.75) is 6.92 Å². The summed E-state index contributed by atoms with van der Waals surface area (Å²) in [4.78, 5) is 0. The van der Waals surface area contributed by atoms with Crippen molar-refractivity contribution in [3.8, 4) is 22.8 Å². The molecular weight excluding hydrogens is 242 g/mol. The fraction of sp³-hybridized carbons (Fsp3) is 0.286. The van der Waals surface area contributed by atoms with E-state index in [9.17, 15) is 0 Å². The zero-order valence-corrected chi connectivity index (χ0v) is 11.5. The summed E-state index contributed by atoms with van der Waals surface area (Å²) in [5.74, 6) is 2.22. The SMILES string of the molecule is CNc1ccc(-c2c(C)cc(OC)cc2OC)nn1. The van der Waals surface area contributed by atoms with Gasteiger partial charge in [-0.2, -0.15) is 0 Å². The van der Waals surface area contributed by atoms with Crippen LogP contribution in [-0.4, -0.2) is 31.5 Å². The third-order valence-electron chi connectivity index (χ3n) is 2.91. The summed E-state index contributed by atoms with van der Waals surface area (Å²) in [6, 6.07) is 7.59. The molecule has 1 N–H and O–H groups in total. The monoisotopic (exact) mass is 259 g/mol. The minimum Gasteiger partial charge on any atom is -0.497 e. The summed E-state index contributed by atoms with van der Waals surface area (Å²) in [6.07, 6.45) is 0. The predicted molar refractivity (Wildman–Crippen MR) is 74.9 cm³/mol. The van der Waals surface area contributed by atoms with Crippen LogP contribution >= 0.6 is 0 Å². The largest absolute Gasteiger partial charge is 0.497 e. The third-order valence-corrected chi connectivity index (χ3v) is 2.91. The maximum Gasteiger partial charge on any atom is 0.148 e. The van der Waals surface area contributed by atoms with E-state index >= 15 is 0 Å². The second-order valence-electron chi connectivity index (χ2n) is 4.08. The Hall–Kier alpha value is -2.30. The number of rotatable bonds is 4. The van der Waals surface area contributed by atoms with Crippen LogP contribution in [0.4, 0.5) is 5.82 Å². The number of ether oxygens (including phenoxy) is 2. The van der Waals surface area contributed by atoms with Gasteiger partial charge in [0.1, 0.15) is 17.3 Å². The minimum absolute atomic E-state index is 0.725. The van der Waals surface area contributed by atoms with Crippen molar-refractivity contribution in [2.24, 2.45) is 0 Å². The van der Waals surface area contributed by atoms with Crippen LogP contribution in [0.3, 0.4) is 0 Å². The Morgan fingerprint density at radius 3 is 2.37 bits per heavy atom. The lowest BCUT2D eigenvalue weighted by Crippen LogP contribution is -1.98. The lowest BCUT2D eigenvalue weighted by Gasteiger charge is -2.13. The molecule has 1 heterocycles. The van der Waals surface area contributed by atoms with Gasteiger partial charge in [0.05, 0.1) is 19.9 Å². The molecule has 0 unspecified atom stereocenters. The Bertz CT molecular complexity index is 568. The van der Waals surface area contributed by atoms with E-state index in [0.717, 1.165) is 34.1 Å². The maximum absolute atomic E-state index is 5.42. The zero-order valence-electron chi connectivity index (χ0n) is 11.5. The van der Waals surface area contributed by atoms with Crippen molar-refractivity contribution in [3.05, 3.63) is 29.8 Å². The van der Waals surface area contributed by atoms with E-state index in [1.807, 2.05) is 38.2 Å². The average molecular weight is 259 g/mol. The average Bonchev–Trinajstić information content (AvgIpc) is 2.46. The molecule has 0 bridgehead atoms. The van der Waals surface area contributed by atoms with Crippen molar-refractivity contribution in [1.29, 1.82) is 0 Å². The number of hydrogen-bond acceptors (Lipinski definition) is 5. The van der Waals surface area contributed by atoms with Crippen LogP contribution in [0, 0.1) is 6.92 Å². The number of hydrogen-bond donors (Lipinski definition) is 1. The standard InChI is InChI=1S/C14H17N3O2/c1-9-7-10(18-3)8-12(19-4)14(9)11-5-6-13(15-2)17-16-11/h5-8H,1-4H3,(H,15,17). The number of benzene rings is 1. The van der Waals surface area contributed by atoms with E-state index < -0.39 is 0 Å². The number of methoxy groups -OCH3 is 2. The molecule has 0 aliphatic rings. The highest BCUT2D eigenvalue weighted by Gasteiger charge is 2.13. The molecule has 0 spiro atoms. The van der Waals surface area contributed by atoms with E-state index in [-0.39, 0.29) is 0 Å².